The van der Waals surface area contributed by atoms with Gasteiger partial charge in [0.25, 0.3) is 5.91 Å². The summed E-state index contributed by atoms with van der Waals surface area (Å²) in [6.07, 6.45) is 1.72. The van der Waals surface area contributed by atoms with E-state index in [2.05, 4.69) is 4.99 Å². The zero-order valence-electron chi connectivity index (χ0n) is 19.6. The fraction of sp³-hybridized carbons (Fsp3) is 0.190. The molecule has 0 saturated carbocycles. The molecule has 2 aromatic rings. The molecule has 17 heteroatoms. The van der Waals surface area contributed by atoms with Crippen LogP contribution in [0.4, 0.5) is 8.78 Å². The van der Waals surface area contributed by atoms with Gasteiger partial charge in [0.2, 0.25) is 0 Å². The molecular weight excluding hydrogens is 572 g/mol. The lowest BCUT2D eigenvalue weighted by Gasteiger charge is -2.08. The van der Waals surface area contributed by atoms with E-state index in [1.165, 1.54) is 0 Å². The molecule has 0 heterocycles. The number of carbonyl (C=O) groups excluding carboxylic acids is 1. The van der Waals surface area contributed by atoms with Crippen LogP contribution in [0, 0.1) is 22.7 Å². The second kappa shape index (κ2) is 13.4. The first-order chi connectivity index (χ1) is 17.0. The topological polar surface area (TPSA) is 235 Å². The van der Waals surface area contributed by atoms with Crippen LogP contribution in [0.5, 0.6) is 0 Å². The number of carboxylic acid groups (broad SMARTS) is 1. The summed E-state index contributed by atoms with van der Waals surface area (Å²) in [6, 6.07) is 6.89. The Bertz CT molecular complexity index is 1590. The van der Waals surface area contributed by atoms with Gasteiger partial charge in [-0.15, -0.1) is 12.4 Å². The fourth-order valence-electron chi connectivity index (χ4n) is 2.83. The molecule has 0 bridgehead atoms. The number of nitriles is 2. The van der Waals surface area contributed by atoms with E-state index in [4.69, 9.17) is 27.1 Å². The van der Waals surface area contributed by atoms with Crippen molar-refractivity contribution in [2.45, 2.75) is 23.1 Å². The van der Waals surface area contributed by atoms with Gasteiger partial charge in [0.05, 0.1) is 26.5 Å². The lowest BCUT2D eigenvalue weighted by Crippen LogP contribution is -2.24. The third-order valence-electron chi connectivity index (χ3n) is 4.43. The summed E-state index contributed by atoms with van der Waals surface area (Å²) >= 11 is 0. The average molecular weight is 592 g/mol. The summed E-state index contributed by atoms with van der Waals surface area (Å²) in [5.74, 6) is -2.95. The first-order valence-corrected chi connectivity index (χ1v) is 13.3. The molecule has 0 aliphatic carbocycles. The number of benzene rings is 2. The van der Waals surface area contributed by atoms with E-state index in [1.807, 2.05) is 0 Å². The third-order valence-corrected chi connectivity index (χ3v) is 6.70. The van der Waals surface area contributed by atoms with Gasteiger partial charge in [-0.25, -0.2) is 30.4 Å². The number of rotatable bonds is 6. The summed E-state index contributed by atoms with van der Waals surface area (Å²) in [6.45, 7) is -2.15. The molecule has 5 N–H and O–H groups in total. The number of nitrogens with two attached hydrogens (primary N) is 2. The summed E-state index contributed by atoms with van der Waals surface area (Å²) in [5, 5.41) is 26.4. The molecule has 2 aromatic carbocycles. The SMILES string of the molecule is CS(=O)(=O)c1cc(C(=O)N=C(N)N)c(CF)cc1C#N.CS(=O)(=O)c1cc(C(=O)O)c(CF)cc1C#N.Cl. The molecule has 0 aromatic heterocycles. The molecule has 0 atom stereocenters. The molecule has 204 valence electrons. The van der Waals surface area contributed by atoms with Crippen molar-refractivity contribution in [3.8, 4) is 12.1 Å². The Morgan fingerprint density at radius 1 is 0.868 bits per heavy atom. The molecule has 0 fully saturated rings. The van der Waals surface area contributed by atoms with Crippen molar-refractivity contribution in [1.29, 1.82) is 10.5 Å². The molecule has 0 spiro atoms. The second-order valence-electron chi connectivity index (χ2n) is 7.19. The van der Waals surface area contributed by atoms with Crippen molar-refractivity contribution in [3.63, 3.8) is 0 Å². The van der Waals surface area contributed by atoms with Crippen LogP contribution in [0.25, 0.3) is 0 Å². The van der Waals surface area contributed by atoms with Crippen LogP contribution in [0.3, 0.4) is 0 Å². The van der Waals surface area contributed by atoms with Gasteiger partial charge in [0.1, 0.15) is 25.5 Å². The van der Waals surface area contributed by atoms with E-state index in [0.717, 1.165) is 36.8 Å². The quantitative estimate of drug-likeness (QED) is 0.320. The first kappa shape index (κ1) is 33.9. The van der Waals surface area contributed by atoms with Gasteiger partial charge in [-0.2, -0.15) is 15.5 Å². The molecule has 0 aliphatic heterocycles. The van der Waals surface area contributed by atoms with E-state index in [1.54, 1.807) is 12.1 Å². The molecule has 0 unspecified atom stereocenters. The Labute approximate surface area is 222 Å². The molecule has 0 radical (unpaired) electrons. The lowest BCUT2D eigenvalue weighted by atomic mass is 10.0. The highest BCUT2D eigenvalue weighted by atomic mass is 35.5. The van der Waals surface area contributed by atoms with Gasteiger partial charge in [-0.05, 0) is 35.4 Å². The number of alkyl halides is 2. The Morgan fingerprint density at radius 2 is 1.24 bits per heavy atom. The normalized spacial score (nSPS) is 10.5. The minimum Gasteiger partial charge on any atom is -0.478 e. The number of hydrogen-bond acceptors (Lipinski definition) is 8. The highest BCUT2D eigenvalue weighted by Crippen LogP contribution is 2.23. The Balaban J connectivity index is 0.000000711. The fourth-order valence-corrected chi connectivity index (χ4v) is 4.51. The van der Waals surface area contributed by atoms with Gasteiger partial charge >= 0.3 is 5.97 Å². The van der Waals surface area contributed by atoms with Crippen molar-refractivity contribution in [1.82, 2.24) is 0 Å². The second-order valence-corrected chi connectivity index (χ2v) is 11.2. The minimum atomic E-state index is -3.76. The number of carboxylic acids is 1. The van der Waals surface area contributed by atoms with E-state index >= 15 is 0 Å². The number of halogens is 3. The van der Waals surface area contributed by atoms with E-state index in [0.29, 0.717) is 0 Å². The predicted octanol–water partition coefficient (Wildman–Crippen LogP) is 1.40. The summed E-state index contributed by atoms with van der Waals surface area (Å²) in [4.78, 5) is 25.0. The van der Waals surface area contributed by atoms with Crippen molar-refractivity contribution in [2.75, 3.05) is 12.5 Å². The van der Waals surface area contributed by atoms with Crippen LogP contribution in [0.2, 0.25) is 0 Å². The molecule has 0 aliphatic rings. The van der Waals surface area contributed by atoms with Crippen LogP contribution in [-0.2, 0) is 33.0 Å². The van der Waals surface area contributed by atoms with Crippen LogP contribution in [-0.4, -0.2) is 52.3 Å². The van der Waals surface area contributed by atoms with Crippen LogP contribution in [0.1, 0.15) is 43.0 Å². The summed E-state index contributed by atoms with van der Waals surface area (Å²) < 4.78 is 71.3. The monoisotopic (exact) mass is 591 g/mol. The Kier molecular flexibility index (Phi) is 12.0. The standard InChI is InChI=1S/C11H11FN4O3S.C10H8FNO4S.ClH/c1-20(18,19)9-3-8(10(17)16-11(14)15)6(4-12)2-7(9)5-13;1-17(15,16)9-3-8(10(13)14)6(4-11)2-7(9)5-12;/h2-3H,4H2,1H3,(H4,14,15,16,17);2-3H,4H2,1H3,(H,13,14);1H. The highest BCUT2D eigenvalue weighted by molar-refractivity contribution is 7.91. The van der Waals surface area contributed by atoms with Gasteiger partial charge in [-0.3, -0.25) is 4.79 Å². The number of aliphatic imine (C=N–C) groups is 1. The average Bonchev–Trinajstić information content (AvgIpc) is 2.80. The zero-order valence-corrected chi connectivity index (χ0v) is 22.0. The number of hydrogen-bond donors (Lipinski definition) is 3. The molecule has 0 saturated heterocycles. The van der Waals surface area contributed by atoms with Crippen molar-refractivity contribution in [3.05, 3.63) is 57.6 Å². The summed E-state index contributed by atoms with van der Waals surface area (Å²) in [5.41, 5.74) is 8.44. The van der Waals surface area contributed by atoms with E-state index in [-0.39, 0.29) is 45.1 Å². The summed E-state index contributed by atoms with van der Waals surface area (Å²) in [7, 11) is -7.50. The van der Waals surface area contributed by atoms with Gasteiger partial charge in [0, 0.05) is 18.1 Å². The number of aromatic carboxylic acids is 1. The first-order valence-electron chi connectivity index (χ1n) is 9.55. The van der Waals surface area contributed by atoms with Crippen LogP contribution < -0.4 is 11.5 Å². The number of amides is 1. The van der Waals surface area contributed by atoms with E-state index in [9.17, 15) is 35.2 Å². The number of nitrogens with zero attached hydrogens (tertiary/aromatic N) is 3. The van der Waals surface area contributed by atoms with Crippen molar-refractivity contribution < 1.29 is 40.3 Å². The van der Waals surface area contributed by atoms with Crippen molar-refractivity contribution >= 4 is 49.9 Å². The van der Waals surface area contributed by atoms with Gasteiger partial charge < -0.3 is 16.6 Å². The Morgan fingerprint density at radius 3 is 1.53 bits per heavy atom. The lowest BCUT2D eigenvalue weighted by molar-refractivity contribution is 0.0694. The Hall–Kier alpha value is -4.12. The van der Waals surface area contributed by atoms with Crippen LogP contribution in [0.15, 0.2) is 39.0 Å². The molecule has 12 nitrogen and oxygen atoms in total. The minimum absolute atomic E-state index is 0. The molecule has 1 amide bonds. The highest BCUT2D eigenvalue weighted by Gasteiger charge is 2.21. The number of guanidine groups is 1. The maximum atomic E-state index is 12.9. The van der Waals surface area contributed by atoms with Crippen molar-refractivity contribution in [2.24, 2.45) is 16.5 Å². The predicted molar refractivity (Wildman–Crippen MR) is 133 cm³/mol. The molecular formula is C21H20ClF2N5O7S2. The number of sulfone groups is 2. The maximum Gasteiger partial charge on any atom is 0.336 e. The van der Waals surface area contributed by atoms with E-state index < -0.39 is 61.3 Å². The number of carbonyl (C=O) groups is 2. The zero-order chi connectivity index (χ0) is 28.7. The molecule has 38 heavy (non-hydrogen) atoms. The maximum absolute atomic E-state index is 12.9. The molecule has 2 rings (SSSR count). The largest absolute Gasteiger partial charge is 0.478 e. The van der Waals surface area contributed by atoms with Crippen LogP contribution >= 0.6 is 12.4 Å². The smallest absolute Gasteiger partial charge is 0.336 e. The van der Waals surface area contributed by atoms with Gasteiger partial charge in [-0.1, -0.05) is 0 Å². The van der Waals surface area contributed by atoms with Gasteiger partial charge in [0.15, 0.2) is 25.6 Å². The third kappa shape index (κ3) is 8.48.